The molecule has 0 saturated heterocycles. The highest BCUT2D eigenvalue weighted by Gasteiger charge is 2.15. The van der Waals surface area contributed by atoms with E-state index in [9.17, 15) is 14.7 Å². The molecule has 1 rings (SSSR count). The average Bonchev–Trinajstić information content (AvgIpc) is 2.56. The number of benzene rings is 1. The van der Waals surface area contributed by atoms with Gasteiger partial charge in [0.15, 0.2) is 5.78 Å². The predicted molar refractivity (Wildman–Crippen MR) is 101 cm³/mol. The first-order valence-corrected chi connectivity index (χ1v) is 8.77. The van der Waals surface area contributed by atoms with E-state index in [0.29, 0.717) is 36.6 Å². The Morgan fingerprint density at radius 2 is 1.96 bits per heavy atom. The molecular formula is C19H30N2O5. The summed E-state index contributed by atoms with van der Waals surface area (Å²) < 4.78 is 10.6. The maximum absolute atomic E-state index is 11.8. The SMILES string of the molecule is CCCOC(=O)Nc1cc(C(C)=O)ccc1OCC(O)CNC(C)(C)C. The van der Waals surface area contributed by atoms with E-state index < -0.39 is 12.2 Å². The topological polar surface area (TPSA) is 96.9 Å². The van der Waals surface area contributed by atoms with E-state index >= 15 is 0 Å². The molecule has 1 aromatic rings. The van der Waals surface area contributed by atoms with Crippen LogP contribution in [0.25, 0.3) is 0 Å². The molecule has 0 radical (unpaired) electrons. The van der Waals surface area contributed by atoms with Crippen LogP contribution >= 0.6 is 0 Å². The number of hydrogen-bond acceptors (Lipinski definition) is 6. The fourth-order valence-corrected chi connectivity index (χ4v) is 1.98. The van der Waals surface area contributed by atoms with E-state index in [-0.39, 0.29) is 17.9 Å². The molecule has 7 heteroatoms. The van der Waals surface area contributed by atoms with Gasteiger partial charge in [0.2, 0.25) is 0 Å². The Bertz CT molecular complexity index is 610. The fraction of sp³-hybridized carbons (Fsp3) is 0.579. The summed E-state index contributed by atoms with van der Waals surface area (Å²) >= 11 is 0. The molecular weight excluding hydrogens is 336 g/mol. The van der Waals surface area contributed by atoms with Crippen molar-refractivity contribution in [3.8, 4) is 5.75 Å². The van der Waals surface area contributed by atoms with Gasteiger partial charge in [-0.1, -0.05) is 6.92 Å². The van der Waals surface area contributed by atoms with Crippen molar-refractivity contribution in [3.63, 3.8) is 0 Å². The van der Waals surface area contributed by atoms with E-state index in [0.717, 1.165) is 0 Å². The van der Waals surface area contributed by atoms with Crippen LogP contribution in [0.3, 0.4) is 0 Å². The lowest BCUT2D eigenvalue weighted by molar-refractivity contribution is 0.0997. The number of rotatable bonds is 9. The number of ketones is 1. The zero-order valence-corrected chi connectivity index (χ0v) is 16.2. The van der Waals surface area contributed by atoms with Crippen LogP contribution in [-0.2, 0) is 4.74 Å². The summed E-state index contributed by atoms with van der Waals surface area (Å²) in [5.74, 6) is 0.231. The number of amides is 1. The normalized spacial score (nSPS) is 12.4. The number of carbonyl (C=O) groups excluding carboxylic acids is 2. The summed E-state index contributed by atoms with van der Waals surface area (Å²) in [5, 5.41) is 15.8. The van der Waals surface area contributed by atoms with E-state index in [1.807, 2.05) is 27.7 Å². The maximum Gasteiger partial charge on any atom is 0.411 e. The van der Waals surface area contributed by atoms with Gasteiger partial charge >= 0.3 is 6.09 Å². The van der Waals surface area contributed by atoms with Crippen molar-refractivity contribution in [1.29, 1.82) is 0 Å². The standard InChI is InChI=1S/C19H30N2O5/c1-6-9-25-18(24)21-16-10-14(13(2)22)7-8-17(16)26-12-15(23)11-20-19(3,4)5/h7-8,10,15,20,23H,6,9,11-12H2,1-5H3,(H,21,24). The first-order valence-electron chi connectivity index (χ1n) is 8.77. The van der Waals surface area contributed by atoms with Crippen molar-refractivity contribution >= 4 is 17.6 Å². The van der Waals surface area contributed by atoms with Crippen molar-refractivity contribution in [2.75, 3.05) is 25.1 Å². The second kappa shape index (κ2) is 10.1. The zero-order chi connectivity index (χ0) is 19.7. The molecule has 1 unspecified atom stereocenters. The quantitative estimate of drug-likeness (QED) is 0.582. The maximum atomic E-state index is 11.8. The molecule has 0 spiro atoms. The van der Waals surface area contributed by atoms with Crippen molar-refractivity contribution in [2.24, 2.45) is 0 Å². The lowest BCUT2D eigenvalue weighted by Gasteiger charge is -2.23. The summed E-state index contributed by atoms with van der Waals surface area (Å²) in [6.07, 6.45) is -0.633. The molecule has 1 aromatic carbocycles. The number of aliphatic hydroxyl groups is 1. The number of nitrogens with one attached hydrogen (secondary N) is 2. The first-order chi connectivity index (χ1) is 12.1. The first kappa shape index (κ1) is 21.9. The Balaban J connectivity index is 2.78. The molecule has 0 heterocycles. The van der Waals surface area contributed by atoms with Crippen molar-refractivity contribution in [3.05, 3.63) is 23.8 Å². The predicted octanol–water partition coefficient (Wildman–Crippen LogP) is 2.98. The minimum Gasteiger partial charge on any atom is -0.489 e. The summed E-state index contributed by atoms with van der Waals surface area (Å²) in [4.78, 5) is 23.4. The number of hydrogen-bond donors (Lipinski definition) is 3. The molecule has 1 amide bonds. The van der Waals surface area contributed by atoms with Gasteiger partial charge in [-0.2, -0.15) is 0 Å². The van der Waals surface area contributed by atoms with Crippen LogP contribution in [0.1, 0.15) is 51.4 Å². The largest absolute Gasteiger partial charge is 0.489 e. The summed E-state index contributed by atoms with van der Waals surface area (Å²) in [6, 6.07) is 4.74. The molecule has 0 saturated carbocycles. The number of Topliss-reactive ketones (excluding diaryl/α,β-unsaturated/α-hetero) is 1. The summed E-state index contributed by atoms with van der Waals surface area (Å²) in [5.41, 5.74) is 0.660. The van der Waals surface area contributed by atoms with Gasteiger partial charge in [-0.25, -0.2) is 4.79 Å². The highest BCUT2D eigenvalue weighted by atomic mass is 16.5. The molecule has 0 aliphatic rings. The van der Waals surface area contributed by atoms with E-state index in [4.69, 9.17) is 9.47 Å². The Morgan fingerprint density at radius 3 is 2.54 bits per heavy atom. The molecule has 26 heavy (non-hydrogen) atoms. The van der Waals surface area contributed by atoms with Crippen LogP contribution in [0.4, 0.5) is 10.5 Å². The van der Waals surface area contributed by atoms with Crippen LogP contribution in [0.2, 0.25) is 0 Å². The van der Waals surface area contributed by atoms with Gasteiger partial charge in [0.05, 0.1) is 12.3 Å². The minimum atomic E-state index is -0.721. The van der Waals surface area contributed by atoms with Crippen molar-refractivity contribution < 1.29 is 24.2 Å². The fourth-order valence-electron chi connectivity index (χ4n) is 1.98. The molecule has 0 bridgehead atoms. The van der Waals surface area contributed by atoms with Gasteiger partial charge in [-0.3, -0.25) is 10.1 Å². The number of aliphatic hydroxyl groups excluding tert-OH is 1. The van der Waals surface area contributed by atoms with Gasteiger partial charge in [0, 0.05) is 17.6 Å². The van der Waals surface area contributed by atoms with Crippen LogP contribution in [0, 0.1) is 0 Å². The Hall–Kier alpha value is -2.12. The summed E-state index contributed by atoms with van der Waals surface area (Å²) in [7, 11) is 0. The van der Waals surface area contributed by atoms with E-state index in [2.05, 4.69) is 10.6 Å². The Morgan fingerprint density at radius 1 is 1.27 bits per heavy atom. The third-order valence-corrected chi connectivity index (χ3v) is 3.36. The third kappa shape index (κ3) is 8.31. The third-order valence-electron chi connectivity index (χ3n) is 3.36. The molecule has 7 nitrogen and oxygen atoms in total. The second-order valence-electron chi connectivity index (χ2n) is 7.12. The molecule has 0 fully saturated rings. The van der Waals surface area contributed by atoms with Crippen LogP contribution in [0.5, 0.6) is 5.75 Å². The Labute approximate surface area is 155 Å². The van der Waals surface area contributed by atoms with Gasteiger partial charge in [-0.15, -0.1) is 0 Å². The van der Waals surface area contributed by atoms with Gasteiger partial charge in [0.25, 0.3) is 0 Å². The highest BCUT2D eigenvalue weighted by Crippen LogP contribution is 2.26. The lowest BCUT2D eigenvalue weighted by atomic mass is 10.1. The number of anilines is 1. The molecule has 3 N–H and O–H groups in total. The highest BCUT2D eigenvalue weighted by molar-refractivity contribution is 5.97. The van der Waals surface area contributed by atoms with Crippen LogP contribution in [-0.4, -0.2) is 48.4 Å². The van der Waals surface area contributed by atoms with E-state index in [1.165, 1.54) is 13.0 Å². The second-order valence-corrected chi connectivity index (χ2v) is 7.12. The van der Waals surface area contributed by atoms with Gasteiger partial charge < -0.3 is 19.9 Å². The van der Waals surface area contributed by atoms with Crippen LogP contribution in [0.15, 0.2) is 18.2 Å². The molecule has 0 aliphatic heterocycles. The van der Waals surface area contributed by atoms with E-state index in [1.54, 1.807) is 12.1 Å². The zero-order valence-electron chi connectivity index (χ0n) is 16.2. The summed E-state index contributed by atoms with van der Waals surface area (Å²) in [6.45, 7) is 10.1. The molecule has 146 valence electrons. The van der Waals surface area contributed by atoms with Crippen molar-refractivity contribution in [2.45, 2.75) is 52.7 Å². The molecule has 0 aliphatic carbocycles. The number of carbonyl (C=O) groups is 2. The lowest BCUT2D eigenvalue weighted by Crippen LogP contribution is -2.42. The monoisotopic (exact) mass is 366 g/mol. The van der Waals surface area contributed by atoms with Gasteiger partial charge in [0.1, 0.15) is 18.5 Å². The molecule has 1 atom stereocenters. The minimum absolute atomic E-state index is 0.0428. The molecule has 0 aromatic heterocycles. The van der Waals surface area contributed by atoms with Gasteiger partial charge in [-0.05, 0) is 52.3 Å². The smallest absolute Gasteiger partial charge is 0.411 e. The Kier molecular flexibility index (Phi) is 8.54. The van der Waals surface area contributed by atoms with Crippen LogP contribution < -0.4 is 15.4 Å². The average molecular weight is 366 g/mol. The number of ether oxygens (including phenoxy) is 2. The number of β-amino-alcohol motifs (C(OH)–C–C–N with tert-alkyl or cyclic N) is 1. The van der Waals surface area contributed by atoms with Crippen molar-refractivity contribution in [1.82, 2.24) is 5.32 Å².